The summed E-state index contributed by atoms with van der Waals surface area (Å²) in [4.78, 5) is 0. The molecule has 0 atom stereocenters. The summed E-state index contributed by atoms with van der Waals surface area (Å²) in [6.07, 6.45) is 0.592. The third-order valence-corrected chi connectivity index (χ3v) is 1.53. The molecular formula is C10H15Cl2NO. The molecule has 1 N–H and O–H groups in total. The van der Waals surface area contributed by atoms with Gasteiger partial charge >= 0.3 is 0 Å². The quantitative estimate of drug-likeness (QED) is 0.634. The van der Waals surface area contributed by atoms with Crippen LogP contribution in [0, 0.1) is 5.41 Å². The summed E-state index contributed by atoms with van der Waals surface area (Å²) in [5, 5.41) is 7.40. The molecule has 0 amide bonds. The van der Waals surface area contributed by atoms with E-state index in [0.717, 1.165) is 5.56 Å². The number of halogens is 2. The molecule has 0 radical (unpaired) electrons. The Hall–Kier alpha value is -0.730. The van der Waals surface area contributed by atoms with E-state index in [1.54, 1.807) is 0 Å². The standard InChI is InChI=1S/C10H13NO.2ClH/c1-2-12-10(11)8-9-6-4-3-5-7-9;;/h3-7,11H,2,8H2,1H3;2*1H. The van der Waals surface area contributed by atoms with Crippen molar-refractivity contribution in [2.24, 2.45) is 0 Å². The van der Waals surface area contributed by atoms with E-state index in [1.165, 1.54) is 0 Å². The van der Waals surface area contributed by atoms with E-state index in [-0.39, 0.29) is 24.8 Å². The van der Waals surface area contributed by atoms with E-state index < -0.39 is 0 Å². The van der Waals surface area contributed by atoms with Gasteiger partial charge in [0.25, 0.3) is 0 Å². The number of benzene rings is 1. The second-order valence-electron chi connectivity index (χ2n) is 2.52. The van der Waals surface area contributed by atoms with Gasteiger partial charge in [-0.2, -0.15) is 0 Å². The van der Waals surface area contributed by atoms with Gasteiger partial charge in [-0.15, -0.1) is 24.8 Å². The second kappa shape index (κ2) is 8.85. The fourth-order valence-corrected chi connectivity index (χ4v) is 1.01. The summed E-state index contributed by atoms with van der Waals surface area (Å²) in [5.74, 6) is 0.337. The minimum Gasteiger partial charge on any atom is -0.481 e. The molecule has 0 aliphatic rings. The number of hydrogen-bond acceptors (Lipinski definition) is 2. The van der Waals surface area contributed by atoms with Crippen molar-refractivity contribution in [2.75, 3.05) is 6.61 Å². The SMILES string of the molecule is CCOC(=N)Cc1ccccc1.Cl.Cl. The fourth-order valence-electron chi connectivity index (χ4n) is 1.01. The van der Waals surface area contributed by atoms with E-state index in [2.05, 4.69) is 0 Å². The molecule has 0 unspecified atom stereocenters. The zero-order chi connectivity index (χ0) is 8.81. The van der Waals surface area contributed by atoms with E-state index in [9.17, 15) is 0 Å². The summed E-state index contributed by atoms with van der Waals surface area (Å²) in [6.45, 7) is 2.46. The third kappa shape index (κ3) is 5.84. The molecule has 0 bridgehead atoms. The number of hydrogen-bond donors (Lipinski definition) is 1. The first-order valence-corrected chi connectivity index (χ1v) is 4.07. The molecule has 14 heavy (non-hydrogen) atoms. The van der Waals surface area contributed by atoms with Gasteiger partial charge in [-0.05, 0) is 12.5 Å². The van der Waals surface area contributed by atoms with Crippen LogP contribution >= 0.6 is 24.8 Å². The molecule has 4 heteroatoms. The van der Waals surface area contributed by atoms with Gasteiger partial charge < -0.3 is 4.74 Å². The molecular weight excluding hydrogens is 221 g/mol. The predicted molar refractivity (Wildman–Crippen MR) is 64.0 cm³/mol. The minimum atomic E-state index is 0. The third-order valence-electron chi connectivity index (χ3n) is 1.53. The van der Waals surface area contributed by atoms with Crippen LogP contribution in [0.4, 0.5) is 0 Å². The first kappa shape index (κ1) is 15.7. The molecule has 2 nitrogen and oxygen atoms in total. The Bertz CT molecular complexity index is 252. The van der Waals surface area contributed by atoms with Crippen molar-refractivity contribution < 1.29 is 4.74 Å². The van der Waals surface area contributed by atoms with Crippen molar-refractivity contribution in [3.63, 3.8) is 0 Å². The zero-order valence-corrected chi connectivity index (χ0v) is 9.66. The molecule has 0 fully saturated rings. The first-order chi connectivity index (χ1) is 5.83. The van der Waals surface area contributed by atoms with Crippen molar-refractivity contribution in [3.05, 3.63) is 35.9 Å². The lowest BCUT2D eigenvalue weighted by atomic mass is 10.1. The molecule has 0 aliphatic carbocycles. The second-order valence-corrected chi connectivity index (χ2v) is 2.52. The number of nitrogens with one attached hydrogen (secondary N) is 1. The summed E-state index contributed by atoms with van der Waals surface area (Å²) in [7, 11) is 0. The van der Waals surface area contributed by atoms with Crippen molar-refractivity contribution in [2.45, 2.75) is 13.3 Å². The summed E-state index contributed by atoms with van der Waals surface area (Å²) >= 11 is 0. The lowest BCUT2D eigenvalue weighted by molar-refractivity contribution is 0.317. The average molecular weight is 236 g/mol. The predicted octanol–water partition coefficient (Wildman–Crippen LogP) is 3.09. The Morgan fingerprint density at radius 2 is 1.79 bits per heavy atom. The maximum absolute atomic E-state index is 7.40. The van der Waals surface area contributed by atoms with Gasteiger partial charge in [0.05, 0.1) is 6.61 Å². The van der Waals surface area contributed by atoms with Crippen LogP contribution in [0.1, 0.15) is 12.5 Å². The van der Waals surface area contributed by atoms with Crippen LogP contribution in [-0.2, 0) is 11.2 Å². The zero-order valence-electron chi connectivity index (χ0n) is 8.03. The molecule has 80 valence electrons. The average Bonchev–Trinajstić information content (AvgIpc) is 2.06. The summed E-state index contributed by atoms with van der Waals surface area (Å²) in [6, 6.07) is 9.89. The van der Waals surface area contributed by atoms with Gasteiger partial charge in [-0.1, -0.05) is 30.3 Å². The lowest BCUT2D eigenvalue weighted by Crippen LogP contribution is -2.06. The molecule has 1 aromatic carbocycles. The van der Waals surface area contributed by atoms with Crippen LogP contribution in [0.5, 0.6) is 0 Å². The van der Waals surface area contributed by atoms with Gasteiger partial charge in [0, 0.05) is 6.42 Å². The molecule has 1 aromatic rings. The molecule has 0 spiro atoms. The van der Waals surface area contributed by atoms with Gasteiger partial charge in [0.1, 0.15) is 0 Å². The molecule has 0 saturated heterocycles. The number of ether oxygens (including phenoxy) is 1. The highest BCUT2D eigenvalue weighted by Crippen LogP contribution is 2.00. The Morgan fingerprint density at radius 3 is 2.29 bits per heavy atom. The molecule has 0 aromatic heterocycles. The molecule has 0 aliphatic heterocycles. The van der Waals surface area contributed by atoms with Crippen molar-refractivity contribution in [1.82, 2.24) is 0 Å². The maximum Gasteiger partial charge on any atom is 0.184 e. The van der Waals surface area contributed by atoms with Crippen LogP contribution in [0.2, 0.25) is 0 Å². The van der Waals surface area contributed by atoms with Crippen LogP contribution in [0.25, 0.3) is 0 Å². The topological polar surface area (TPSA) is 33.1 Å². The van der Waals surface area contributed by atoms with Gasteiger partial charge in [-0.3, -0.25) is 5.41 Å². The lowest BCUT2D eigenvalue weighted by Gasteiger charge is -2.03. The van der Waals surface area contributed by atoms with Crippen LogP contribution in [-0.4, -0.2) is 12.5 Å². The van der Waals surface area contributed by atoms with Crippen molar-refractivity contribution in [1.29, 1.82) is 5.41 Å². The van der Waals surface area contributed by atoms with Crippen molar-refractivity contribution in [3.8, 4) is 0 Å². The van der Waals surface area contributed by atoms with Gasteiger partial charge in [0.2, 0.25) is 0 Å². The Labute approximate surface area is 97.0 Å². The van der Waals surface area contributed by atoms with Gasteiger partial charge in [0.15, 0.2) is 5.90 Å². The van der Waals surface area contributed by atoms with E-state index in [0.29, 0.717) is 18.9 Å². The molecule has 0 heterocycles. The highest BCUT2D eigenvalue weighted by atomic mass is 35.5. The molecule has 1 rings (SSSR count). The maximum atomic E-state index is 7.40. The minimum absolute atomic E-state index is 0. The van der Waals surface area contributed by atoms with E-state index in [4.69, 9.17) is 10.1 Å². The first-order valence-electron chi connectivity index (χ1n) is 4.07. The van der Waals surface area contributed by atoms with Crippen LogP contribution < -0.4 is 0 Å². The van der Waals surface area contributed by atoms with Gasteiger partial charge in [-0.25, -0.2) is 0 Å². The number of rotatable bonds is 3. The Balaban J connectivity index is 0. The van der Waals surface area contributed by atoms with Crippen molar-refractivity contribution >= 4 is 30.7 Å². The van der Waals surface area contributed by atoms with Crippen LogP contribution in [0.3, 0.4) is 0 Å². The monoisotopic (exact) mass is 235 g/mol. The van der Waals surface area contributed by atoms with Crippen LogP contribution in [0.15, 0.2) is 30.3 Å². The fraction of sp³-hybridized carbons (Fsp3) is 0.300. The Kier molecular flexibility index (Phi) is 9.94. The Morgan fingerprint density at radius 1 is 1.21 bits per heavy atom. The largest absolute Gasteiger partial charge is 0.481 e. The van der Waals surface area contributed by atoms with E-state index >= 15 is 0 Å². The van der Waals surface area contributed by atoms with E-state index in [1.807, 2.05) is 37.3 Å². The highest BCUT2D eigenvalue weighted by molar-refractivity contribution is 5.85. The highest BCUT2D eigenvalue weighted by Gasteiger charge is 1.97. The summed E-state index contributed by atoms with van der Waals surface area (Å²) in [5.41, 5.74) is 1.12. The smallest absolute Gasteiger partial charge is 0.184 e. The summed E-state index contributed by atoms with van der Waals surface area (Å²) < 4.78 is 5.03. The molecule has 0 saturated carbocycles. The normalized spacial score (nSPS) is 8.07.